The van der Waals surface area contributed by atoms with Crippen molar-refractivity contribution in [3.63, 3.8) is 0 Å². The van der Waals surface area contributed by atoms with Crippen LogP contribution in [0.15, 0.2) is 47.4 Å². The van der Waals surface area contributed by atoms with Crippen molar-refractivity contribution < 1.29 is 45.5 Å². The van der Waals surface area contributed by atoms with Gasteiger partial charge in [0, 0.05) is 32.7 Å². The van der Waals surface area contributed by atoms with Gasteiger partial charge in [0.25, 0.3) is 0 Å². The fraction of sp³-hybridized carbons (Fsp3) is 0.483. The molecule has 47 heavy (non-hydrogen) atoms. The zero-order valence-electron chi connectivity index (χ0n) is 25.2. The van der Waals surface area contributed by atoms with Gasteiger partial charge in [0.15, 0.2) is 5.96 Å². The lowest BCUT2D eigenvalue weighted by Gasteiger charge is -2.35. The molecule has 2 aromatic rings. The number of nitrogens with one attached hydrogen (secondary N) is 4. The number of guanidine groups is 1. The molecule has 14 nitrogen and oxygen atoms in total. The van der Waals surface area contributed by atoms with E-state index in [0.29, 0.717) is 42.6 Å². The van der Waals surface area contributed by atoms with Gasteiger partial charge >= 0.3 is 18.2 Å². The number of rotatable bonds is 9. The molecule has 2 aromatic carbocycles. The van der Waals surface area contributed by atoms with Crippen LogP contribution in [-0.4, -0.2) is 99.0 Å². The van der Waals surface area contributed by atoms with Crippen LogP contribution >= 0.6 is 0 Å². The van der Waals surface area contributed by atoms with E-state index in [1.54, 1.807) is 35.2 Å². The second-order valence-corrected chi connectivity index (χ2v) is 13.1. The van der Waals surface area contributed by atoms with Gasteiger partial charge in [0.1, 0.15) is 12.1 Å². The number of piperidine rings is 2. The van der Waals surface area contributed by atoms with E-state index in [9.17, 15) is 40.8 Å². The van der Waals surface area contributed by atoms with Crippen molar-refractivity contribution in [1.82, 2.24) is 25.2 Å². The number of halogens is 3. The van der Waals surface area contributed by atoms with E-state index >= 15 is 0 Å². The summed E-state index contributed by atoms with van der Waals surface area (Å²) >= 11 is 0. The van der Waals surface area contributed by atoms with Crippen LogP contribution in [0.5, 0.6) is 0 Å². The fourth-order valence-corrected chi connectivity index (χ4v) is 6.61. The van der Waals surface area contributed by atoms with Gasteiger partial charge < -0.3 is 26.0 Å². The van der Waals surface area contributed by atoms with Gasteiger partial charge in [-0.25, -0.2) is 22.7 Å². The van der Waals surface area contributed by atoms with Gasteiger partial charge in [-0.1, -0.05) is 30.3 Å². The van der Waals surface area contributed by atoms with Crippen LogP contribution < -0.4 is 21.1 Å². The molecule has 0 aliphatic carbocycles. The third kappa shape index (κ3) is 9.31. The molecule has 2 saturated heterocycles. The molecule has 3 atom stereocenters. The van der Waals surface area contributed by atoms with Crippen molar-refractivity contribution in [3.8, 4) is 0 Å². The highest BCUT2D eigenvalue weighted by Gasteiger charge is 2.45. The minimum absolute atomic E-state index is 0.0126. The fourth-order valence-electron chi connectivity index (χ4n) is 5.53. The standard InChI is InChI=1S/C29H36F3N7O7S/c30-29(31,32)26(42)46-28(43)39-13-4-3-9-23(39)25(41)37-22(24(40)35-15-18-6-5-12-38(17-18)27(33)34)16-36-47(44,45)21-11-10-19-7-1-2-8-20(19)14-21/h1-2,7-8,10-11,14,18,22-23,36H,3-6,9,12-13,15-17H2,(H3,33,34)(H,35,40)(H,37,41)/t18-,22-,23+/m0/s1. The second kappa shape index (κ2) is 15.0. The maximum absolute atomic E-state index is 13.4. The van der Waals surface area contributed by atoms with Crippen LogP contribution in [0.1, 0.15) is 32.1 Å². The Morgan fingerprint density at radius 3 is 2.45 bits per heavy atom. The normalized spacial score (nSPS) is 19.5. The van der Waals surface area contributed by atoms with Gasteiger partial charge in [0.05, 0.1) is 4.90 Å². The molecule has 2 aliphatic rings. The lowest BCUT2D eigenvalue weighted by atomic mass is 9.98. The maximum Gasteiger partial charge on any atom is 0.491 e. The third-order valence-electron chi connectivity index (χ3n) is 8.02. The predicted molar refractivity (Wildman–Crippen MR) is 162 cm³/mol. The number of fused-ring (bicyclic) bond motifs is 1. The lowest BCUT2D eigenvalue weighted by molar-refractivity contribution is -0.194. The number of nitrogens with two attached hydrogens (primary N) is 1. The SMILES string of the molecule is N=C(N)N1CCC[C@@H](CNC(=O)[C@H](CNS(=O)(=O)c2ccc3ccccc3c2)NC(=O)[C@H]2CCCCN2C(=O)OC(=O)C(F)(F)F)C1. The van der Waals surface area contributed by atoms with Crippen LogP contribution in [0, 0.1) is 11.3 Å². The Kier molecular flexibility index (Phi) is 11.3. The quantitative estimate of drug-likeness (QED) is 0.112. The summed E-state index contributed by atoms with van der Waals surface area (Å²) in [6.07, 6.45) is -4.98. The van der Waals surface area contributed by atoms with Crippen molar-refractivity contribution in [2.75, 3.05) is 32.7 Å². The van der Waals surface area contributed by atoms with E-state index in [0.717, 1.165) is 11.8 Å². The number of hydrogen-bond donors (Lipinski definition) is 5. The highest BCUT2D eigenvalue weighted by molar-refractivity contribution is 7.89. The van der Waals surface area contributed by atoms with Crippen LogP contribution in [0.4, 0.5) is 18.0 Å². The molecule has 0 bridgehead atoms. The van der Waals surface area contributed by atoms with Gasteiger partial charge in [-0.3, -0.25) is 19.9 Å². The summed E-state index contributed by atoms with van der Waals surface area (Å²) in [4.78, 5) is 52.7. The summed E-state index contributed by atoms with van der Waals surface area (Å²) in [5.74, 6) is -4.67. The van der Waals surface area contributed by atoms with Gasteiger partial charge in [-0.05, 0) is 60.9 Å². The number of esters is 1. The molecular weight excluding hydrogens is 647 g/mol. The number of nitrogens with zero attached hydrogens (tertiary/aromatic N) is 2. The molecule has 2 aliphatic heterocycles. The number of sulfonamides is 1. The Morgan fingerprint density at radius 2 is 1.74 bits per heavy atom. The topological polar surface area (TPSA) is 204 Å². The monoisotopic (exact) mass is 683 g/mol. The van der Waals surface area contributed by atoms with Gasteiger partial charge in [0.2, 0.25) is 21.8 Å². The van der Waals surface area contributed by atoms with E-state index in [4.69, 9.17) is 11.1 Å². The van der Waals surface area contributed by atoms with Crippen LogP contribution in [0.25, 0.3) is 10.8 Å². The number of likely N-dealkylation sites (tertiary alicyclic amines) is 2. The largest absolute Gasteiger partial charge is 0.491 e. The number of carbonyl (C=O) groups excluding carboxylic acids is 4. The predicted octanol–water partition coefficient (Wildman–Crippen LogP) is 1.40. The Labute approximate surface area is 268 Å². The van der Waals surface area contributed by atoms with Crippen LogP contribution in [-0.2, 0) is 29.1 Å². The molecule has 18 heteroatoms. The number of amides is 3. The minimum Gasteiger partial charge on any atom is -0.370 e. The van der Waals surface area contributed by atoms with Crippen molar-refractivity contribution in [1.29, 1.82) is 5.41 Å². The molecule has 2 fully saturated rings. The summed E-state index contributed by atoms with van der Waals surface area (Å²) in [5, 5.41) is 14.2. The molecule has 2 heterocycles. The number of hydrogen-bond acceptors (Lipinski definition) is 8. The highest BCUT2D eigenvalue weighted by Crippen LogP contribution is 2.22. The first-order valence-corrected chi connectivity index (χ1v) is 16.4. The van der Waals surface area contributed by atoms with Crippen molar-refractivity contribution in [2.45, 2.75) is 55.3 Å². The Bertz CT molecular complexity index is 1620. The Morgan fingerprint density at radius 1 is 1.02 bits per heavy atom. The van der Waals surface area contributed by atoms with Crippen LogP contribution in [0.2, 0.25) is 0 Å². The summed E-state index contributed by atoms with van der Waals surface area (Å²) < 4.78 is 70.8. The van der Waals surface area contributed by atoms with E-state index in [2.05, 4.69) is 20.1 Å². The number of benzene rings is 2. The van der Waals surface area contributed by atoms with Gasteiger partial charge in [-0.2, -0.15) is 13.2 Å². The minimum atomic E-state index is -5.44. The van der Waals surface area contributed by atoms with E-state index in [-0.39, 0.29) is 36.3 Å². The third-order valence-corrected chi connectivity index (χ3v) is 9.44. The molecular formula is C29H36F3N7O7S. The molecule has 0 saturated carbocycles. The molecule has 0 aromatic heterocycles. The molecule has 256 valence electrons. The van der Waals surface area contributed by atoms with E-state index < -0.39 is 58.7 Å². The van der Waals surface area contributed by atoms with Crippen molar-refractivity contribution >= 4 is 50.6 Å². The summed E-state index contributed by atoms with van der Waals surface area (Å²) in [7, 11) is -4.20. The average molecular weight is 684 g/mol. The molecule has 0 radical (unpaired) electrons. The zero-order chi connectivity index (χ0) is 34.4. The number of alkyl halides is 3. The first kappa shape index (κ1) is 35.4. The van der Waals surface area contributed by atoms with E-state index in [1.165, 1.54) is 12.1 Å². The first-order valence-electron chi connectivity index (χ1n) is 14.9. The van der Waals surface area contributed by atoms with Crippen molar-refractivity contribution in [3.05, 3.63) is 42.5 Å². The van der Waals surface area contributed by atoms with Gasteiger partial charge in [-0.15, -0.1) is 0 Å². The molecule has 6 N–H and O–H groups in total. The molecule has 4 rings (SSSR count). The first-order chi connectivity index (χ1) is 22.2. The molecule has 0 unspecified atom stereocenters. The van der Waals surface area contributed by atoms with Crippen LogP contribution in [0.3, 0.4) is 0 Å². The Hall–Kier alpha value is -4.45. The summed E-state index contributed by atoms with van der Waals surface area (Å²) in [6.45, 7) is 0.303. The highest BCUT2D eigenvalue weighted by atomic mass is 32.2. The molecule has 3 amide bonds. The Balaban J connectivity index is 1.50. The second-order valence-electron chi connectivity index (χ2n) is 11.4. The number of ether oxygens (including phenoxy) is 1. The average Bonchev–Trinajstić information content (AvgIpc) is 3.04. The summed E-state index contributed by atoms with van der Waals surface area (Å²) in [6, 6.07) is 8.62. The molecule has 0 spiro atoms. The zero-order valence-corrected chi connectivity index (χ0v) is 26.0. The maximum atomic E-state index is 13.4. The van der Waals surface area contributed by atoms with E-state index in [1.807, 2.05) is 0 Å². The van der Waals surface area contributed by atoms with Crippen molar-refractivity contribution in [2.24, 2.45) is 11.7 Å². The summed E-state index contributed by atoms with van der Waals surface area (Å²) in [5.41, 5.74) is 5.60. The lowest BCUT2D eigenvalue weighted by Crippen LogP contribution is -2.59. The smallest absolute Gasteiger partial charge is 0.370 e. The number of carbonyl (C=O) groups is 4.